The molecule has 0 saturated carbocycles. The van der Waals surface area contributed by atoms with E-state index < -0.39 is 0 Å². The van der Waals surface area contributed by atoms with Gasteiger partial charge in [-0.2, -0.15) is 0 Å². The molecule has 2 aromatic carbocycles. The summed E-state index contributed by atoms with van der Waals surface area (Å²) in [7, 11) is 0. The molecule has 132 valence electrons. The Labute approximate surface area is 148 Å². The van der Waals surface area contributed by atoms with E-state index >= 15 is 0 Å². The van der Waals surface area contributed by atoms with Crippen LogP contribution in [0, 0.1) is 0 Å². The number of ether oxygens (including phenoxy) is 2. The Bertz CT molecular complexity index is 724. The number of anilines is 2. The smallest absolute Gasteiger partial charge is 0.231 e. The quantitative estimate of drug-likeness (QED) is 0.832. The third-order valence-corrected chi connectivity index (χ3v) is 4.36. The maximum Gasteiger partial charge on any atom is 0.231 e. The summed E-state index contributed by atoms with van der Waals surface area (Å²) in [6.45, 7) is 6.48. The van der Waals surface area contributed by atoms with Gasteiger partial charge in [0.1, 0.15) is 0 Å². The van der Waals surface area contributed by atoms with Crippen LogP contribution in [-0.4, -0.2) is 25.8 Å². The predicted molar refractivity (Wildman–Crippen MR) is 99.5 cm³/mol. The summed E-state index contributed by atoms with van der Waals surface area (Å²) in [6, 6.07) is 13.8. The van der Waals surface area contributed by atoms with Crippen molar-refractivity contribution in [2.45, 2.75) is 26.7 Å². The van der Waals surface area contributed by atoms with Gasteiger partial charge in [0.15, 0.2) is 11.5 Å². The Kier molecular flexibility index (Phi) is 5.43. The Morgan fingerprint density at radius 2 is 1.76 bits per heavy atom. The van der Waals surface area contributed by atoms with Crippen molar-refractivity contribution in [3.8, 4) is 11.5 Å². The number of nitrogens with zero attached hydrogens (tertiary/aromatic N) is 1. The van der Waals surface area contributed by atoms with Gasteiger partial charge in [0.2, 0.25) is 12.7 Å². The molecule has 3 rings (SSSR count). The highest BCUT2D eigenvalue weighted by molar-refractivity contribution is 5.91. The number of aryl methyl sites for hydroxylation is 1. The molecule has 2 aromatic rings. The molecule has 1 heterocycles. The summed E-state index contributed by atoms with van der Waals surface area (Å²) in [4.78, 5) is 14.4. The minimum Gasteiger partial charge on any atom is -0.454 e. The summed E-state index contributed by atoms with van der Waals surface area (Å²) >= 11 is 0. The van der Waals surface area contributed by atoms with Crippen molar-refractivity contribution in [3.63, 3.8) is 0 Å². The number of carbonyl (C=O) groups is 1. The van der Waals surface area contributed by atoms with E-state index in [2.05, 4.69) is 24.1 Å². The summed E-state index contributed by atoms with van der Waals surface area (Å²) in [5, 5.41) is 2.95. The standard InChI is InChI=1S/C20H24N2O3/c1-3-22(4-2)17-9-7-16(8-10-17)21-20(23)12-6-15-5-11-18-19(13-15)25-14-24-18/h5,7-11,13H,3-4,6,12,14H2,1-2H3,(H,21,23). The average Bonchev–Trinajstić information content (AvgIpc) is 3.10. The highest BCUT2D eigenvalue weighted by Crippen LogP contribution is 2.32. The molecule has 0 bridgehead atoms. The molecule has 1 amide bonds. The topological polar surface area (TPSA) is 50.8 Å². The fraction of sp³-hybridized carbons (Fsp3) is 0.350. The Hall–Kier alpha value is -2.69. The molecule has 5 heteroatoms. The first-order valence-electron chi connectivity index (χ1n) is 8.73. The summed E-state index contributed by atoms with van der Waals surface area (Å²) in [6.07, 6.45) is 1.09. The molecule has 25 heavy (non-hydrogen) atoms. The van der Waals surface area contributed by atoms with Gasteiger partial charge in [-0.05, 0) is 62.2 Å². The SMILES string of the molecule is CCN(CC)c1ccc(NC(=O)CCc2ccc3c(c2)OCO3)cc1. The number of benzene rings is 2. The van der Waals surface area contributed by atoms with Crippen molar-refractivity contribution in [1.82, 2.24) is 0 Å². The number of hydrogen-bond acceptors (Lipinski definition) is 4. The second-order valence-corrected chi connectivity index (χ2v) is 5.95. The van der Waals surface area contributed by atoms with Gasteiger partial charge in [0, 0.05) is 30.9 Å². The number of carbonyl (C=O) groups excluding carboxylic acids is 1. The molecule has 0 spiro atoms. The number of rotatable bonds is 7. The lowest BCUT2D eigenvalue weighted by molar-refractivity contribution is -0.116. The molecule has 1 N–H and O–H groups in total. The molecule has 0 radical (unpaired) electrons. The molecule has 0 atom stereocenters. The number of amides is 1. The van der Waals surface area contributed by atoms with Crippen LogP contribution in [-0.2, 0) is 11.2 Å². The van der Waals surface area contributed by atoms with Gasteiger partial charge in [-0.3, -0.25) is 4.79 Å². The molecular formula is C20H24N2O3. The molecule has 0 fully saturated rings. The minimum atomic E-state index is 0.00764. The lowest BCUT2D eigenvalue weighted by Crippen LogP contribution is -2.21. The Morgan fingerprint density at radius 3 is 2.48 bits per heavy atom. The highest BCUT2D eigenvalue weighted by atomic mass is 16.7. The summed E-state index contributed by atoms with van der Waals surface area (Å²) < 4.78 is 10.7. The van der Waals surface area contributed by atoms with Gasteiger partial charge in [-0.1, -0.05) is 6.07 Å². The summed E-state index contributed by atoms with van der Waals surface area (Å²) in [5.74, 6) is 1.53. The molecule has 0 aromatic heterocycles. The van der Waals surface area contributed by atoms with E-state index in [1.165, 1.54) is 5.69 Å². The van der Waals surface area contributed by atoms with Gasteiger partial charge >= 0.3 is 0 Å². The van der Waals surface area contributed by atoms with Gasteiger partial charge in [0.05, 0.1) is 0 Å². The summed E-state index contributed by atoms with van der Waals surface area (Å²) in [5.41, 5.74) is 3.06. The third kappa shape index (κ3) is 4.24. The number of nitrogens with one attached hydrogen (secondary N) is 1. The van der Waals surface area contributed by atoms with Crippen LogP contribution in [0.3, 0.4) is 0 Å². The third-order valence-electron chi connectivity index (χ3n) is 4.36. The van der Waals surface area contributed by atoms with Crippen molar-refractivity contribution in [2.24, 2.45) is 0 Å². The first-order valence-corrected chi connectivity index (χ1v) is 8.73. The van der Waals surface area contributed by atoms with Crippen LogP contribution in [0.15, 0.2) is 42.5 Å². The van der Waals surface area contributed by atoms with E-state index in [1.54, 1.807) is 0 Å². The van der Waals surface area contributed by atoms with E-state index in [1.807, 2.05) is 42.5 Å². The van der Waals surface area contributed by atoms with E-state index in [9.17, 15) is 4.79 Å². The van der Waals surface area contributed by atoms with Crippen LogP contribution in [0.4, 0.5) is 11.4 Å². The van der Waals surface area contributed by atoms with Crippen molar-refractivity contribution < 1.29 is 14.3 Å². The fourth-order valence-corrected chi connectivity index (χ4v) is 2.92. The van der Waals surface area contributed by atoms with Gasteiger partial charge in [-0.15, -0.1) is 0 Å². The van der Waals surface area contributed by atoms with Gasteiger partial charge in [0.25, 0.3) is 0 Å². The van der Waals surface area contributed by atoms with Crippen LogP contribution in [0.25, 0.3) is 0 Å². The van der Waals surface area contributed by atoms with Crippen LogP contribution >= 0.6 is 0 Å². The fourth-order valence-electron chi connectivity index (χ4n) is 2.92. The normalized spacial score (nSPS) is 12.1. The molecular weight excluding hydrogens is 316 g/mol. The molecule has 1 aliphatic rings. The maximum atomic E-state index is 12.2. The van der Waals surface area contributed by atoms with Crippen molar-refractivity contribution in [3.05, 3.63) is 48.0 Å². The second-order valence-electron chi connectivity index (χ2n) is 5.95. The van der Waals surface area contributed by atoms with Crippen molar-refractivity contribution >= 4 is 17.3 Å². The zero-order chi connectivity index (χ0) is 17.6. The van der Waals surface area contributed by atoms with Gasteiger partial charge < -0.3 is 19.7 Å². The van der Waals surface area contributed by atoms with Gasteiger partial charge in [-0.25, -0.2) is 0 Å². The van der Waals surface area contributed by atoms with Crippen molar-refractivity contribution in [2.75, 3.05) is 30.1 Å². The second kappa shape index (κ2) is 7.92. The lowest BCUT2D eigenvalue weighted by Gasteiger charge is -2.21. The highest BCUT2D eigenvalue weighted by Gasteiger charge is 2.13. The predicted octanol–water partition coefficient (Wildman–Crippen LogP) is 3.83. The largest absolute Gasteiger partial charge is 0.454 e. The van der Waals surface area contributed by atoms with Crippen LogP contribution in [0.5, 0.6) is 11.5 Å². The first kappa shape index (κ1) is 17.1. The van der Waals surface area contributed by atoms with E-state index in [4.69, 9.17) is 9.47 Å². The molecule has 5 nitrogen and oxygen atoms in total. The maximum absolute atomic E-state index is 12.2. The number of fused-ring (bicyclic) bond motifs is 1. The average molecular weight is 340 g/mol. The minimum absolute atomic E-state index is 0.00764. The van der Waals surface area contributed by atoms with Crippen molar-refractivity contribution in [1.29, 1.82) is 0 Å². The molecule has 0 unspecified atom stereocenters. The zero-order valence-corrected chi connectivity index (χ0v) is 14.7. The van der Waals surface area contributed by atoms with Crippen LogP contribution in [0.1, 0.15) is 25.8 Å². The van der Waals surface area contributed by atoms with Crippen LogP contribution in [0.2, 0.25) is 0 Å². The monoisotopic (exact) mass is 340 g/mol. The lowest BCUT2D eigenvalue weighted by atomic mass is 10.1. The molecule has 0 aliphatic carbocycles. The van der Waals surface area contributed by atoms with Crippen LogP contribution < -0.4 is 19.7 Å². The van der Waals surface area contributed by atoms with E-state index in [0.29, 0.717) is 12.8 Å². The Balaban J connectivity index is 1.52. The van der Waals surface area contributed by atoms with E-state index in [0.717, 1.165) is 35.8 Å². The molecule has 1 aliphatic heterocycles. The number of hydrogen-bond donors (Lipinski definition) is 1. The first-order chi connectivity index (χ1) is 12.2. The Morgan fingerprint density at radius 1 is 1.04 bits per heavy atom. The molecule has 0 saturated heterocycles. The van der Waals surface area contributed by atoms with E-state index in [-0.39, 0.29) is 12.7 Å². The zero-order valence-electron chi connectivity index (χ0n) is 14.7.